The Bertz CT molecular complexity index is 828. The molecule has 6 heteroatoms. The maximum atomic E-state index is 11.8. The number of para-hydroxylation sites is 1. The fourth-order valence-electron chi connectivity index (χ4n) is 2.23. The number of fused-ring (bicyclic) bond motifs is 1. The third kappa shape index (κ3) is 2.55. The van der Waals surface area contributed by atoms with Crippen molar-refractivity contribution in [3.8, 4) is 0 Å². The molecular weight excluding hydrogens is 266 g/mol. The van der Waals surface area contributed by atoms with Crippen LogP contribution in [0.15, 0.2) is 41.6 Å². The molecule has 21 heavy (non-hydrogen) atoms. The number of benzene rings is 1. The molecule has 0 radical (unpaired) electrons. The van der Waals surface area contributed by atoms with Crippen molar-refractivity contribution in [3.05, 3.63) is 53.5 Å². The van der Waals surface area contributed by atoms with Gasteiger partial charge in [0.2, 0.25) is 0 Å². The van der Waals surface area contributed by atoms with E-state index in [4.69, 9.17) is 0 Å². The van der Waals surface area contributed by atoms with Gasteiger partial charge in [-0.05, 0) is 19.1 Å². The Morgan fingerprint density at radius 1 is 1.43 bits per heavy atom. The fraction of sp³-hybridized carbons (Fsp3) is 0.133. The molecule has 0 bridgehead atoms. The lowest BCUT2D eigenvalue weighted by atomic mass is 10.2. The molecule has 0 saturated heterocycles. The van der Waals surface area contributed by atoms with Gasteiger partial charge >= 0.3 is 0 Å². The Morgan fingerprint density at radius 3 is 3.00 bits per heavy atom. The van der Waals surface area contributed by atoms with Crippen molar-refractivity contribution in [1.29, 1.82) is 0 Å². The van der Waals surface area contributed by atoms with Gasteiger partial charge in [-0.1, -0.05) is 18.2 Å². The standard InChI is InChI=1S/C15H15N5O/c1-10-7-13(18-17-10)15(21)19-16-8-11-9-20(2)14-6-4-3-5-12(11)14/h3-9H,1-2H3,(H,17,18)(H,19,21)/b16-8-. The predicted octanol–water partition coefficient (Wildman–Crippen LogP) is 1.97. The number of hydrogen-bond acceptors (Lipinski definition) is 3. The second-order valence-electron chi connectivity index (χ2n) is 4.85. The average molecular weight is 281 g/mol. The van der Waals surface area contributed by atoms with Crippen LogP contribution in [-0.4, -0.2) is 26.9 Å². The number of carbonyl (C=O) groups is 1. The predicted molar refractivity (Wildman–Crippen MR) is 81.3 cm³/mol. The van der Waals surface area contributed by atoms with E-state index in [1.807, 2.05) is 49.0 Å². The van der Waals surface area contributed by atoms with Crippen molar-refractivity contribution in [2.24, 2.45) is 12.1 Å². The molecule has 0 aliphatic carbocycles. The van der Waals surface area contributed by atoms with Gasteiger partial charge in [-0.25, -0.2) is 5.43 Å². The lowest BCUT2D eigenvalue weighted by molar-refractivity contribution is 0.0950. The number of aryl methyl sites for hydroxylation is 2. The van der Waals surface area contributed by atoms with Crippen molar-refractivity contribution in [2.45, 2.75) is 6.92 Å². The zero-order valence-electron chi connectivity index (χ0n) is 11.8. The first-order chi connectivity index (χ1) is 10.1. The van der Waals surface area contributed by atoms with Gasteiger partial charge < -0.3 is 4.57 Å². The Hall–Kier alpha value is -2.89. The van der Waals surface area contributed by atoms with Gasteiger partial charge in [-0.2, -0.15) is 10.2 Å². The van der Waals surface area contributed by atoms with Crippen LogP contribution in [0.4, 0.5) is 0 Å². The summed E-state index contributed by atoms with van der Waals surface area (Å²) in [6.07, 6.45) is 3.61. The summed E-state index contributed by atoms with van der Waals surface area (Å²) in [6.45, 7) is 1.84. The number of carbonyl (C=O) groups excluding carboxylic acids is 1. The number of H-pyrrole nitrogens is 1. The van der Waals surface area contributed by atoms with Gasteiger partial charge in [-0.15, -0.1) is 0 Å². The zero-order chi connectivity index (χ0) is 14.8. The Balaban J connectivity index is 1.78. The zero-order valence-corrected chi connectivity index (χ0v) is 11.8. The molecule has 2 N–H and O–H groups in total. The number of nitrogens with zero attached hydrogens (tertiary/aromatic N) is 3. The summed E-state index contributed by atoms with van der Waals surface area (Å²) in [5, 5.41) is 11.7. The van der Waals surface area contributed by atoms with E-state index in [2.05, 4.69) is 20.7 Å². The van der Waals surface area contributed by atoms with Crippen molar-refractivity contribution >= 4 is 23.0 Å². The van der Waals surface area contributed by atoms with Crippen LogP contribution < -0.4 is 5.43 Å². The number of aromatic nitrogens is 3. The molecule has 106 valence electrons. The average Bonchev–Trinajstić information content (AvgIpc) is 3.04. The summed E-state index contributed by atoms with van der Waals surface area (Å²) in [4.78, 5) is 11.8. The molecule has 3 rings (SSSR count). The maximum Gasteiger partial charge on any atom is 0.291 e. The molecule has 0 aliphatic rings. The van der Waals surface area contributed by atoms with E-state index in [-0.39, 0.29) is 5.91 Å². The van der Waals surface area contributed by atoms with Crippen LogP contribution in [0, 0.1) is 6.92 Å². The molecule has 1 amide bonds. The molecule has 2 aromatic heterocycles. The van der Waals surface area contributed by atoms with Crippen LogP contribution in [0.3, 0.4) is 0 Å². The molecule has 0 atom stereocenters. The van der Waals surface area contributed by atoms with Gasteiger partial charge in [0.15, 0.2) is 5.69 Å². The highest BCUT2D eigenvalue weighted by Crippen LogP contribution is 2.18. The summed E-state index contributed by atoms with van der Waals surface area (Å²) < 4.78 is 2.02. The van der Waals surface area contributed by atoms with Crippen LogP contribution >= 0.6 is 0 Å². The van der Waals surface area contributed by atoms with Crippen molar-refractivity contribution in [2.75, 3.05) is 0 Å². The van der Waals surface area contributed by atoms with Crippen LogP contribution in [0.1, 0.15) is 21.7 Å². The van der Waals surface area contributed by atoms with Crippen LogP contribution in [0.25, 0.3) is 10.9 Å². The minimum atomic E-state index is -0.337. The van der Waals surface area contributed by atoms with Gasteiger partial charge in [0, 0.05) is 35.4 Å². The first kappa shape index (κ1) is 13.1. The molecular formula is C15H15N5O. The Labute approximate surface area is 121 Å². The summed E-state index contributed by atoms with van der Waals surface area (Å²) >= 11 is 0. The van der Waals surface area contributed by atoms with Crippen LogP contribution in [0.2, 0.25) is 0 Å². The SMILES string of the molecule is Cc1cc(C(=O)N/N=C\c2cn(C)c3ccccc23)n[nH]1. The summed E-state index contributed by atoms with van der Waals surface area (Å²) in [5.41, 5.74) is 5.70. The third-order valence-corrected chi connectivity index (χ3v) is 3.24. The number of hydrogen-bond donors (Lipinski definition) is 2. The van der Waals surface area contributed by atoms with E-state index in [1.54, 1.807) is 12.3 Å². The number of nitrogens with one attached hydrogen (secondary N) is 2. The third-order valence-electron chi connectivity index (χ3n) is 3.24. The number of aromatic amines is 1. The molecule has 0 saturated carbocycles. The highest BCUT2D eigenvalue weighted by Gasteiger charge is 2.08. The van der Waals surface area contributed by atoms with E-state index >= 15 is 0 Å². The first-order valence-electron chi connectivity index (χ1n) is 6.54. The van der Waals surface area contributed by atoms with Gasteiger partial charge in [0.25, 0.3) is 5.91 Å². The van der Waals surface area contributed by atoms with Crippen molar-refractivity contribution in [1.82, 2.24) is 20.2 Å². The highest BCUT2D eigenvalue weighted by molar-refractivity contribution is 6.00. The van der Waals surface area contributed by atoms with Gasteiger partial charge in [0.05, 0.1) is 6.21 Å². The summed E-state index contributed by atoms with van der Waals surface area (Å²) in [5.74, 6) is -0.337. The van der Waals surface area contributed by atoms with E-state index in [0.717, 1.165) is 22.2 Å². The molecule has 0 unspecified atom stereocenters. The second kappa shape index (κ2) is 5.24. The summed E-state index contributed by atoms with van der Waals surface area (Å²) in [6, 6.07) is 9.70. The minimum Gasteiger partial charge on any atom is -0.350 e. The normalized spacial score (nSPS) is 11.3. The van der Waals surface area contributed by atoms with Crippen LogP contribution in [-0.2, 0) is 7.05 Å². The Kier molecular flexibility index (Phi) is 3.27. The summed E-state index contributed by atoms with van der Waals surface area (Å²) in [7, 11) is 1.98. The monoisotopic (exact) mass is 281 g/mol. The van der Waals surface area contributed by atoms with Gasteiger partial charge in [0.1, 0.15) is 0 Å². The molecule has 0 spiro atoms. The fourth-order valence-corrected chi connectivity index (χ4v) is 2.23. The minimum absolute atomic E-state index is 0.322. The molecule has 6 nitrogen and oxygen atoms in total. The van der Waals surface area contributed by atoms with E-state index in [1.165, 1.54) is 0 Å². The van der Waals surface area contributed by atoms with Crippen molar-refractivity contribution < 1.29 is 4.79 Å². The van der Waals surface area contributed by atoms with E-state index < -0.39 is 0 Å². The quantitative estimate of drug-likeness (QED) is 0.569. The lowest BCUT2D eigenvalue weighted by Crippen LogP contribution is -2.17. The topological polar surface area (TPSA) is 75.1 Å². The second-order valence-corrected chi connectivity index (χ2v) is 4.85. The van der Waals surface area contributed by atoms with Crippen LogP contribution in [0.5, 0.6) is 0 Å². The lowest BCUT2D eigenvalue weighted by Gasteiger charge is -1.94. The molecule has 0 aliphatic heterocycles. The molecule has 3 aromatic rings. The maximum absolute atomic E-state index is 11.8. The van der Waals surface area contributed by atoms with E-state index in [0.29, 0.717) is 5.69 Å². The first-order valence-corrected chi connectivity index (χ1v) is 6.54. The molecule has 0 fully saturated rings. The Morgan fingerprint density at radius 2 is 2.24 bits per heavy atom. The van der Waals surface area contributed by atoms with Gasteiger partial charge in [-0.3, -0.25) is 9.89 Å². The number of amides is 1. The van der Waals surface area contributed by atoms with E-state index in [9.17, 15) is 4.79 Å². The van der Waals surface area contributed by atoms with Crippen molar-refractivity contribution in [3.63, 3.8) is 0 Å². The smallest absolute Gasteiger partial charge is 0.291 e. The highest BCUT2D eigenvalue weighted by atomic mass is 16.2. The molecule has 2 heterocycles. The number of rotatable bonds is 3. The molecule has 1 aromatic carbocycles. The number of hydrazone groups is 1. The largest absolute Gasteiger partial charge is 0.350 e.